The van der Waals surface area contributed by atoms with Crippen molar-refractivity contribution in [3.05, 3.63) is 28.8 Å². The van der Waals surface area contributed by atoms with Crippen LogP contribution in [0.1, 0.15) is 22.7 Å². The Morgan fingerprint density at radius 2 is 1.63 bits per heavy atom. The lowest BCUT2D eigenvalue weighted by Crippen LogP contribution is -2.36. The number of ether oxygens (including phenoxy) is 4. The van der Waals surface area contributed by atoms with Crippen molar-refractivity contribution in [3.63, 3.8) is 0 Å². The van der Waals surface area contributed by atoms with Gasteiger partial charge in [-0.05, 0) is 54.3 Å². The molecule has 144 valence electrons. The summed E-state index contributed by atoms with van der Waals surface area (Å²) in [5.74, 6) is 2.73. The van der Waals surface area contributed by atoms with E-state index < -0.39 is 0 Å². The summed E-state index contributed by atoms with van der Waals surface area (Å²) in [6.07, 6.45) is 1.78. The van der Waals surface area contributed by atoms with Crippen LogP contribution < -0.4 is 24.7 Å². The molecule has 1 unspecified atom stereocenters. The highest BCUT2D eigenvalue weighted by molar-refractivity contribution is 5.89. The van der Waals surface area contributed by atoms with Gasteiger partial charge in [0.25, 0.3) is 0 Å². The number of nitrogens with zero attached hydrogens (tertiary/aromatic N) is 1. The fraction of sp³-hybridized carbons (Fsp3) is 0.429. The maximum atomic E-state index is 6.50. The molecule has 6 nitrogen and oxygen atoms in total. The molecule has 6 heteroatoms. The van der Waals surface area contributed by atoms with Crippen molar-refractivity contribution in [2.45, 2.75) is 18.9 Å². The van der Waals surface area contributed by atoms with Crippen molar-refractivity contribution in [2.75, 3.05) is 47.8 Å². The van der Waals surface area contributed by atoms with Gasteiger partial charge in [0.2, 0.25) is 0 Å². The molecule has 2 aliphatic rings. The smallest absolute Gasteiger partial charge is 0.184 e. The van der Waals surface area contributed by atoms with E-state index in [1.54, 1.807) is 28.4 Å². The number of hydrogen-bond acceptors (Lipinski definition) is 6. The van der Waals surface area contributed by atoms with E-state index >= 15 is 0 Å². The first kappa shape index (κ1) is 17.8. The molecule has 0 bridgehead atoms. The highest BCUT2D eigenvalue weighted by Crippen LogP contribution is 2.56. The van der Waals surface area contributed by atoms with Crippen LogP contribution in [0.15, 0.2) is 12.1 Å². The topological polar surface area (TPSA) is 66.2 Å². The van der Waals surface area contributed by atoms with E-state index in [2.05, 4.69) is 18.0 Å². The minimum Gasteiger partial charge on any atom is -0.493 e. The van der Waals surface area contributed by atoms with E-state index in [1.807, 2.05) is 6.07 Å². The second-order valence-electron chi connectivity index (χ2n) is 7.06. The number of nitrogen functional groups attached to an aromatic ring is 1. The third kappa shape index (κ3) is 2.43. The molecule has 2 N–H and O–H groups in total. The Bertz CT molecular complexity index is 910. The normalized spacial score (nSPS) is 17.7. The van der Waals surface area contributed by atoms with Crippen molar-refractivity contribution in [2.24, 2.45) is 0 Å². The molecule has 0 saturated carbocycles. The first-order valence-corrected chi connectivity index (χ1v) is 9.07. The Balaban J connectivity index is 2.11. The number of anilines is 1. The van der Waals surface area contributed by atoms with Crippen LogP contribution in [0, 0.1) is 0 Å². The van der Waals surface area contributed by atoms with Crippen LogP contribution in [0.4, 0.5) is 5.69 Å². The molecule has 1 heterocycles. The Kier molecular flexibility index (Phi) is 4.30. The van der Waals surface area contributed by atoms with Gasteiger partial charge in [-0.3, -0.25) is 4.90 Å². The zero-order valence-corrected chi connectivity index (χ0v) is 16.5. The maximum absolute atomic E-state index is 6.50. The lowest BCUT2D eigenvalue weighted by Gasteiger charge is -2.41. The number of fused-ring (bicyclic) bond motifs is 2. The third-order valence-electron chi connectivity index (χ3n) is 5.88. The van der Waals surface area contributed by atoms with Crippen molar-refractivity contribution in [1.29, 1.82) is 0 Å². The molecule has 27 heavy (non-hydrogen) atoms. The van der Waals surface area contributed by atoms with Crippen molar-refractivity contribution in [3.8, 4) is 34.1 Å². The van der Waals surface area contributed by atoms with E-state index in [4.69, 9.17) is 24.7 Å². The maximum Gasteiger partial charge on any atom is 0.184 e. The largest absolute Gasteiger partial charge is 0.493 e. The number of likely N-dealkylation sites (N-methyl/N-ethyl adjacent to an activating group) is 1. The lowest BCUT2D eigenvalue weighted by molar-refractivity contribution is 0.227. The molecule has 1 aliphatic carbocycles. The summed E-state index contributed by atoms with van der Waals surface area (Å²) in [5.41, 5.74) is 13.0. The van der Waals surface area contributed by atoms with Crippen LogP contribution in [-0.4, -0.2) is 46.9 Å². The second kappa shape index (κ2) is 6.53. The molecular weight excluding hydrogens is 344 g/mol. The predicted octanol–water partition coefficient (Wildman–Crippen LogP) is 3.06. The van der Waals surface area contributed by atoms with E-state index in [9.17, 15) is 0 Å². The zero-order chi connectivity index (χ0) is 19.3. The SMILES string of the molecule is COc1cc2c(cc1OC)-c1c(OC)c(OC)c(N)c3c1C(C2)N(C)CC3. The summed E-state index contributed by atoms with van der Waals surface area (Å²) in [4.78, 5) is 2.39. The number of nitrogens with two attached hydrogens (primary N) is 1. The van der Waals surface area contributed by atoms with E-state index in [1.165, 1.54) is 16.7 Å². The first-order valence-electron chi connectivity index (χ1n) is 9.07. The summed E-state index contributed by atoms with van der Waals surface area (Å²) in [5, 5.41) is 0. The van der Waals surface area contributed by atoms with Crippen LogP contribution in [0.3, 0.4) is 0 Å². The number of benzene rings is 2. The molecule has 2 aromatic carbocycles. The third-order valence-corrected chi connectivity index (χ3v) is 5.88. The summed E-state index contributed by atoms with van der Waals surface area (Å²) < 4.78 is 22.6. The van der Waals surface area contributed by atoms with Gasteiger partial charge >= 0.3 is 0 Å². The van der Waals surface area contributed by atoms with Crippen LogP contribution in [-0.2, 0) is 12.8 Å². The minimum absolute atomic E-state index is 0.247. The van der Waals surface area contributed by atoms with Crippen molar-refractivity contribution >= 4 is 5.69 Å². The van der Waals surface area contributed by atoms with Crippen LogP contribution in [0.5, 0.6) is 23.0 Å². The zero-order valence-electron chi connectivity index (χ0n) is 16.5. The molecule has 0 spiro atoms. The molecule has 0 saturated heterocycles. The molecule has 0 fully saturated rings. The first-order chi connectivity index (χ1) is 13.0. The highest BCUT2D eigenvalue weighted by atomic mass is 16.5. The second-order valence-corrected chi connectivity index (χ2v) is 7.06. The van der Waals surface area contributed by atoms with Gasteiger partial charge in [-0.1, -0.05) is 0 Å². The molecule has 2 aromatic rings. The standard InChI is InChI=1S/C21H26N2O4/c1-23-7-6-12-17-14(23)8-11-9-15(24-2)16(25-3)10-13(11)18(17)20(26-4)21(27-5)19(12)22/h9-10,14H,6-8,22H2,1-5H3. The highest BCUT2D eigenvalue weighted by Gasteiger charge is 2.38. The average Bonchev–Trinajstić information content (AvgIpc) is 2.69. The van der Waals surface area contributed by atoms with Gasteiger partial charge in [0.15, 0.2) is 23.0 Å². The molecule has 0 radical (unpaired) electrons. The summed E-state index contributed by atoms with van der Waals surface area (Å²) in [6, 6.07) is 4.35. The lowest BCUT2D eigenvalue weighted by atomic mass is 9.76. The van der Waals surface area contributed by atoms with Crippen LogP contribution >= 0.6 is 0 Å². The van der Waals surface area contributed by atoms with Crippen LogP contribution in [0.2, 0.25) is 0 Å². The van der Waals surface area contributed by atoms with Crippen molar-refractivity contribution in [1.82, 2.24) is 4.90 Å². The van der Waals surface area contributed by atoms with Gasteiger partial charge in [-0.15, -0.1) is 0 Å². The average molecular weight is 370 g/mol. The van der Waals surface area contributed by atoms with Gasteiger partial charge in [0.1, 0.15) is 0 Å². The summed E-state index contributed by atoms with van der Waals surface area (Å²) in [7, 11) is 8.78. The molecule has 0 amide bonds. The monoisotopic (exact) mass is 370 g/mol. The molecular formula is C21H26N2O4. The fourth-order valence-electron chi connectivity index (χ4n) is 4.55. The quantitative estimate of drug-likeness (QED) is 0.835. The Morgan fingerprint density at radius 3 is 2.26 bits per heavy atom. The van der Waals surface area contributed by atoms with E-state index in [-0.39, 0.29) is 6.04 Å². The molecule has 1 atom stereocenters. The predicted molar refractivity (Wildman–Crippen MR) is 105 cm³/mol. The van der Waals surface area contributed by atoms with Crippen molar-refractivity contribution < 1.29 is 18.9 Å². The van der Waals surface area contributed by atoms with E-state index in [0.717, 1.165) is 36.3 Å². The van der Waals surface area contributed by atoms with Gasteiger partial charge in [0, 0.05) is 18.2 Å². The summed E-state index contributed by atoms with van der Waals surface area (Å²) in [6.45, 7) is 0.958. The number of methoxy groups -OCH3 is 4. The van der Waals surface area contributed by atoms with Gasteiger partial charge in [-0.2, -0.15) is 0 Å². The van der Waals surface area contributed by atoms with Gasteiger partial charge in [-0.25, -0.2) is 0 Å². The number of hydrogen-bond donors (Lipinski definition) is 1. The van der Waals surface area contributed by atoms with Gasteiger partial charge < -0.3 is 24.7 Å². The Morgan fingerprint density at radius 1 is 0.963 bits per heavy atom. The number of rotatable bonds is 4. The molecule has 0 aromatic heterocycles. The van der Waals surface area contributed by atoms with Crippen LogP contribution in [0.25, 0.3) is 11.1 Å². The fourth-order valence-corrected chi connectivity index (χ4v) is 4.55. The Hall–Kier alpha value is -2.60. The van der Waals surface area contributed by atoms with E-state index in [0.29, 0.717) is 22.9 Å². The molecule has 4 rings (SSSR count). The Labute approximate surface area is 159 Å². The minimum atomic E-state index is 0.247. The molecule has 1 aliphatic heterocycles. The summed E-state index contributed by atoms with van der Waals surface area (Å²) >= 11 is 0. The van der Waals surface area contributed by atoms with Gasteiger partial charge in [0.05, 0.1) is 34.1 Å².